The van der Waals surface area contributed by atoms with Gasteiger partial charge in [0.15, 0.2) is 6.61 Å². The fraction of sp³-hybridized carbons (Fsp3) is 0.368. The van der Waals surface area contributed by atoms with E-state index in [0.29, 0.717) is 11.3 Å². The predicted molar refractivity (Wildman–Crippen MR) is 98.3 cm³/mol. The maximum absolute atomic E-state index is 12.2. The highest BCUT2D eigenvalue weighted by molar-refractivity contribution is 5.87. The number of fused-ring (bicyclic) bond motifs is 3. The van der Waals surface area contributed by atoms with Crippen LogP contribution < -0.4 is 21.0 Å². The Morgan fingerprint density at radius 1 is 1.04 bits per heavy atom. The van der Waals surface area contributed by atoms with Gasteiger partial charge in [-0.3, -0.25) is 14.4 Å². The van der Waals surface area contributed by atoms with Crippen molar-refractivity contribution in [1.29, 1.82) is 0 Å². The average molecular weight is 388 g/mol. The molecule has 1 heterocycles. The largest absolute Gasteiger partial charge is 0.484 e. The van der Waals surface area contributed by atoms with Gasteiger partial charge in [-0.05, 0) is 43.4 Å². The minimum absolute atomic E-state index is 0.329. The summed E-state index contributed by atoms with van der Waals surface area (Å²) >= 11 is 0. The molecule has 9 nitrogen and oxygen atoms in total. The lowest BCUT2D eigenvalue weighted by molar-refractivity contribution is -0.137. The van der Waals surface area contributed by atoms with Crippen molar-refractivity contribution in [3.63, 3.8) is 0 Å². The molecule has 1 aromatic carbocycles. The van der Waals surface area contributed by atoms with E-state index in [0.717, 1.165) is 42.2 Å². The number of carbonyl (C=O) groups is 3. The molecule has 1 aromatic heterocycles. The maximum atomic E-state index is 12.2. The number of aliphatic carboxylic acids is 1. The zero-order valence-electron chi connectivity index (χ0n) is 15.1. The standard InChI is InChI=1S/C19H20N2O7/c22-16(21-9-18(24)25)8-20-17(23)10-27-11-5-6-13-12-3-1-2-4-14(12)19(26)28-15(13)7-11/h5-7H,1-4,8-10H2,(H,20,23)(H,21,22)(H,24,25). The van der Waals surface area contributed by atoms with Crippen LogP contribution in [-0.2, 0) is 27.2 Å². The summed E-state index contributed by atoms with van der Waals surface area (Å²) in [6.45, 7) is -1.21. The van der Waals surface area contributed by atoms with E-state index in [1.165, 1.54) is 0 Å². The summed E-state index contributed by atoms with van der Waals surface area (Å²) in [5.41, 5.74) is 1.85. The number of carboxylic acid groups (broad SMARTS) is 1. The first-order valence-corrected chi connectivity index (χ1v) is 8.90. The molecule has 0 aliphatic heterocycles. The lowest BCUT2D eigenvalue weighted by Gasteiger charge is -2.16. The van der Waals surface area contributed by atoms with Crippen LogP contribution in [0.5, 0.6) is 5.75 Å². The molecule has 0 saturated heterocycles. The average Bonchev–Trinajstić information content (AvgIpc) is 2.69. The first-order chi connectivity index (χ1) is 13.4. The number of hydrogen-bond donors (Lipinski definition) is 3. The van der Waals surface area contributed by atoms with Crippen LogP contribution >= 0.6 is 0 Å². The smallest absolute Gasteiger partial charge is 0.339 e. The van der Waals surface area contributed by atoms with Crippen LogP contribution in [0.15, 0.2) is 27.4 Å². The van der Waals surface area contributed by atoms with Crippen molar-refractivity contribution in [1.82, 2.24) is 10.6 Å². The van der Waals surface area contributed by atoms with Crippen molar-refractivity contribution in [2.75, 3.05) is 19.7 Å². The van der Waals surface area contributed by atoms with Gasteiger partial charge in [-0.25, -0.2) is 4.79 Å². The van der Waals surface area contributed by atoms with Crippen molar-refractivity contribution < 1.29 is 28.6 Å². The normalized spacial score (nSPS) is 12.9. The third-order valence-corrected chi connectivity index (χ3v) is 4.45. The predicted octanol–water partition coefficient (Wildman–Crippen LogP) is 0.368. The zero-order chi connectivity index (χ0) is 20.1. The minimum atomic E-state index is -1.17. The van der Waals surface area contributed by atoms with E-state index < -0.39 is 24.3 Å². The lowest BCUT2D eigenvalue weighted by atomic mass is 9.91. The Bertz CT molecular complexity index is 980. The van der Waals surface area contributed by atoms with Crippen molar-refractivity contribution in [3.05, 3.63) is 39.7 Å². The van der Waals surface area contributed by atoms with Crippen LogP contribution in [0, 0.1) is 0 Å². The molecule has 0 atom stereocenters. The van der Waals surface area contributed by atoms with E-state index in [-0.39, 0.29) is 18.8 Å². The second-order valence-corrected chi connectivity index (χ2v) is 6.45. The maximum Gasteiger partial charge on any atom is 0.339 e. The summed E-state index contributed by atoms with van der Waals surface area (Å²) in [7, 11) is 0. The third-order valence-electron chi connectivity index (χ3n) is 4.45. The Labute approximate surface area is 159 Å². The van der Waals surface area contributed by atoms with E-state index in [4.69, 9.17) is 14.3 Å². The Morgan fingerprint density at radius 2 is 1.75 bits per heavy atom. The monoisotopic (exact) mass is 388 g/mol. The van der Waals surface area contributed by atoms with E-state index in [1.54, 1.807) is 12.1 Å². The summed E-state index contributed by atoms with van der Waals surface area (Å²) in [4.78, 5) is 45.6. The quantitative estimate of drug-likeness (QED) is 0.583. The van der Waals surface area contributed by atoms with Crippen molar-refractivity contribution >= 4 is 28.8 Å². The second kappa shape index (κ2) is 8.55. The van der Waals surface area contributed by atoms with Crippen molar-refractivity contribution in [2.24, 2.45) is 0 Å². The summed E-state index contributed by atoms with van der Waals surface area (Å²) in [5, 5.41) is 13.8. The fourth-order valence-corrected chi connectivity index (χ4v) is 3.13. The van der Waals surface area contributed by atoms with Crippen LogP contribution in [0.4, 0.5) is 0 Å². The number of amides is 2. The Morgan fingerprint density at radius 3 is 2.50 bits per heavy atom. The van der Waals surface area contributed by atoms with Crippen LogP contribution in [0.3, 0.4) is 0 Å². The lowest BCUT2D eigenvalue weighted by Crippen LogP contribution is -2.40. The summed E-state index contributed by atoms with van der Waals surface area (Å²) in [6, 6.07) is 5.08. The summed E-state index contributed by atoms with van der Waals surface area (Å²) < 4.78 is 10.8. The molecule has 0 spiro atoms. The molecule has 0 bridgehead atoms. The highest BCUT2D eigenvalue weighted by Gasteiger charge is 2.18. The van der Waals surface area contributed by atoms with E-state index >= 15 is 0 Å². The summed E-state index contributed by atoms with van der Waals surface area (Å²) in [5.74, 6) is -1.98. The van der Waals surface area contributed by atoms with E-state index in [2.05, 4.69) is 10.6 Å². The van der Waals surface area contributed by atoms with Crippen LogP contribution in [-0.4, -0.2) is 42.6 Å². The Hall–Kier alpha value is -3.36. The third kappa shape index (κ3) is 4.67. The molecule has 2 aromatic rings. The molecule has 1 aliphatic rings. The van der Waals surface area contributed by atoms with E-state index in [9.17, 15) is 19.2 Å². The van der Waals surface area contributed by atoms with Gasteiger partial charge in [-0.2, -0.15) is 0 Å². The number of benzene rings is 1. The zero-order valence-corrected chi connectivity index (χ0v) is 15.1. The van der Waals surface area contributed by atoms with Crippen LogP contribution in [0.1, 0.15) is 24.0 Å². The number of ether oxygens (including phenoxy) is 1. The molecular formula is C19H20N2O7. The molecule has 0 radical (unpaired) electrons. The number of hydrogen-bond acceptors (Lipinski definition) is 6. The molecule has 3 rings (SSSR count). The van der Waals surface area contributed by atoms with Gasteiger partial charge in [0.05, 0.1) is 6.54 Å². The topological polar surface area (TPSA) is 135 Å². The van der Waals surface area contributed by atoms with Crippen LogP contribution in [0.25, 0.3) is 11.0 Å². The first-order valence-electron chi connectivity index (χ1n) is 8.90. The first kappa shape index (κ1) is 19.4. The van der Waals surface area contributed by atoms with Gasteiger partial charge in [-0.1, -0.05) is 0 Å². The molecule has 2 amide bonds. The Kier molecular flexibility index (Phi) is 5.93. The van der Waals surface area contributed by atoms with Gasteiger partial charge in [0.25, 0.3) is 5.91 Å². The number of aryl methyl sites for hydroxylation is 1. The van der Waals surface area contributed by atoms with Gasteiger partial charge in [-0.15, -0.1) is 0 Å². The molecule has 148 valence electrons. The molecule has 0 unspecified atom stereocenters. The highest BCUT2D eigenvalue weighted by atomic mass is 16.5. The molecule has 1 aliphatic carbocycles. The SMILES string of the molecule is O=C(O)CNC(=O)CNC(=O)COc1ccc2c3c(c(=O)oc2c1)CCCC3. The molecule has 3 N–H and O–H groups in total. The number of carbonyl (C=O) groups excluding carboxylic acids is 2. The van der Waals surface area contributed by atoms with Gasteiger partial charge in [0.2, 0.25) is 5.91 Å². The minimum Gasteiger partial charge on any atom is -0.484 e. The van der Waals surface area contributed by atoms with Gasteiger partial charge in [0.1, 0.15) is 17.9 Å². The number of carboxylic acids is 1. The van der Waals surface area contributed by atoms with Crippen molar-refractivity contribution in [2.45, 2.75) is 25.7 Å². The Balaban J connectivity index is 1.59. The highest BCUT2D eigenvalue weighted by Crippen LogP contribution is 2.28. The van der Waals surface area contributed by atoms with E-state index in [1.807, 2.05) is 6.07 Å². The molecular weight excluding hydrogens is 368 g/mol. The van der Waals surface area contributed by atoms with Gasteiger partial charge in [0, 0.05) is 17.0 Å². The molecule has 28 heavy (non-hydrogen) atoms. The number of rotatable bonds is 7. The fourth-order valence-electron chi connectivity index (χ4n) is 3.13. The van der Waals surface area contributed by atoms with Gasteiger partial charge >= 0.3 is 11.6 Å². The summed E-state index contributed by atoms with van der Waals surface area (Å²) in [6.07, 6.45) is 3.58. The molecule has 9 heteroatoms. The molecule has 0 saturated carbocycles. The number of nitrogens with one attached hydrogen (secondary N) is 2. The second-order valence-electron chi connectivity index (χ2n) is 6.45. The van der Waals surface area contributed by atoms with Crippen LogP contribution in [0.2, 0.25) is 0 Å². The van der Waals surface area contributed by atoms with Crippen molar-refractivity contribution in [3.8, 4) is 5.75 Å². The van der Waals surface area contributed by atoms with Gasteiger partial charge < -0.3 is 24.9 Å². The molecule has 0 fully saturated rings.